The summed E-state index contributed by atoms with van der Waals surface area (Å²) in [5.74, 6) is 0.649. The Hall–Kier alpha value is -2.50. The van der Waals surface area contributed by atoms with Crippen LogP contribution >= 0.6 is 0 Å². The van der Waals surface area contributed by atoms with E-state index in [-0.39, 0.29) is 11.8 Å². The molecule has 19 heavy (non-hydrogen) atoms. The van der Waals surface area contributed by atoms with Gasteiger partial charge in [0.15, 0.2) is 5.78 Å². The second kappa shape index (κ2) is 4.31. The van der Waals surface area contributed by atoms with Crippen molar-refractivity contribution >= 4 is 11.7 Å². The molecule has 0 saturated carbocycles. The molecular formula is C13H13N5O. The van der Waals surface area contributed by atoms with Crippen LogP contribution in [0.15, 0.2) is 42.1 Å². The zero-order chi connectivity index (χ0) is 13.4. The lowest BCUT2D eigenvalue weighted by Gasteiger charge is -2.27. The van der Waals surface area contributed by atoms with Gasteiger partial charge >= 0.3 is 0 Å². The standard InChI is InChI=1S/C13H13N5O/c1-8-11(9(2)19)12(10-4-3-5-14-6-10)18-13(17-8)15-7-16-18/h3-7,12H,1-2H3,(H,15,16,17)/t12-/m0/s1. The molecule has 0 aromatic carbocycles. The third-order valence-corrected chi connectivity index (χ3v) is 3.17. The van der Waals surface area contributed by atoms with Gasteiger partial charge in [-0.3, -0.25) is 9.78 Å². The minimum Gasteiger partial charge on any atom is -0.328 e. The molecule has 1 N–H and O–H groups in total. The number of nitrogens with one attached hydrogen (secondary N) is 1. The molecule has 0 aliphatic carbocycles. The SMILES string of the molecule is CC(=O)C1=C(C)Nc2ncnn2[C@H]1c1cccnc1. The number of hydrogen-bond donors (Lipinski definition) is 1. The Labute approximate surface area is 110 Å². The number of hydrogen-bond acceptors (Lipinski definition) is 5. The van der Waals surface area contributed by atoms with Crippen LogP contribution in [0.4, 0.5) is 5.95 Å². The molecule has 2 aromatic heterocycles. The van der Waals surface area contributed by atoms with Gasteiger partial charge in [-0.2, -0.15) is 10.1 Å². The van der Waals surface area contributed by atoms with Gasteiger partial charge in [0.25, 0.3) is 0 Å². The van der Waals surface area contributed by atoms with E-state index in [1.54, 1.807) is 24.0 Å². The Balaban J connectivity index is 2.21. The lowest BCUT2D eigenvalue weighted by atomic mass is 9.94. The molecule has 1 aliphatic rings. The number of nitrogens with zero attached hydrogens (tertiary/aromatic N) is 4. The number of carbonyl (C=O) groups is 1. The summed E-state index contributed by atoms with van der Waals surface area (Å²) in [7, 11) is 0. The van der Waals surface area contributed by atoms with Gasteiger partial charge in [-0.05, 0) is 25.5 Å². The first-order valence-corrected chi connectivity index (χ1v) is 5.96. The number of allylic oxidation sites excluding steroid dienone is 2. The first-order chi connectivity index (χ1) is 9.18. The van der Waals surface area contributed by atoms with E-state index in [0.29, 0.717) is 11.5 Å². The van der Waals surface area contributed by atoms with Crippen molar-refractivity contribution in [2.45, 2.75) is 19.9 Å². The fraction of sp³-hybridized carbons (Fsp3) is 0.231. The van der Waals surface area contributed by atoms with Crippen LogP contribution in [0, 0.1) is 0 Å². The molecule has 0 fully saturated rings. The highest BCUT2D eigenvalue weighted by atomic mass is 16.1. The van der Waals surface area contributed by atoms with Gasteiger partial charge in [-0.15, -0.1) is 0 Å². The fourth-order valence-electron chi connectivity index (χ4n) is 2.39. The molecule has 2 aromatic rings. The lowest BCUT2D eigenvalue weighted by Crippen LogP contribution is -2.27. The molecule has 0 radical (unpaired) electrons. The van der Waals surface area contributed by atoms with Gasteiger partial charge in [-0.1, -0.05) is 6.07 Å². The summed E-state index contributed by atoms with van der Waals surface area (Å²) in [5, 5.41) is 7.31. The maximum atomic E-state index is 11.9. The summed E-state index contributed by atoms with van der Waals surface area (Å²) in [6.45, 7) is 3.43. The molecule has 1 aliphatic heterocycles. The Morgan fingerprint density at radius 2 is 2.32 bits per heavy atom. The van der Waals surface area contributed by atoms with Crippen LogP contribution in [0.1, 0.15) is 25.5 Å². The summed E-state index contributed by atoms with van der Waals surface area (Å²) >= 11 is 0. The Kier molecular flexibility index (Phi) is 2.63. The Bertz CT molecular complexity index is 659. The van der Waals surface area contributed by atoms with Crippen LogP contribution < -0.4 is 5.32 Å². The Morgan fingerprint density at radius 1 is 1.47 bits per heavy atom. The van der Waals surface area contributed by atoms with Gasteiger partial charge in [-0.25, -0.2) is 4.68 Å². The van der Waals surface area contributed by atoms with Crippen molar-refractivity contribution in [1.82, 2.24) is 19.7 Å². The van der Waals surface area contributed by atoms with Crippen LogP contribution in [0.25, 0.3) is 0 Å². The predicted octanol–water partition coefficient (Wildman–Crippen LogP) is 1.55. The third-order valence-electron chi connectivity index (χ3n) is 3.17. The van der Waals surface area contributed by atoms with Gasteiger partial charge in [0.05, 0.1) is 0 Å². The van der Waals surface area contributed by atoms with Crippen LogP contribution in [0.5, 0.6) is 0 Å². The van der Waals surface area contributed by atoms with E-state index >= 15 is 0 Å². The zero-order valence-electron chi connectivity index (χ0n) is 10.7. The van der Waals surface area contributed by atoms with E-state index in [9.17, 15) is 4.79 Å². The van der Waals surface area contributed by atoms with E-state index in [2.05, 4.69) is 20.4 Å². The van der Waals surface area contributed by atoms with Crippen LogP contribution in [-0.2, 0) is 4.79 Å². The highest BCUT2D eigenvalue weighted by Crippen LogP contribution is 2.34. The van der Waals surface area contributed by atoms with Crippen molar-refractivity contribution in [3.63, 3.8) is 0 Å². The van der Waals surface area contributed by atoms with E-state index in [1.807, 2.05) is 19.1 Å². The number of anilines is 1. The zero-order valence-corrected chi connectivity index (χ0v) is 10.7. The summed E-state index contributed by atoms with van der Waals surface area (Å²) in [6, 6.07) is 3.51. The number of ketones is 1. The number of fused-ring (bicyclic) bond motifs is 1. The summed E-state index contributed by atoms with van der Waals surface area (Å²) < 4.78 is 1.71. The van der Waals surface area contributed by atoms with E-state index in [0.717, 1.165) is 11.3 Å². The maximum absolute atomic E-state index is 11.9. The number of pyridine rings is 1. The number of carbonyl (C=O) groups excluding carboxylic acids is 1. The smallest absolute Gasteiger partial charge is 0.226 e. The van der Waals surface area contributed by atoms with E-state index < -0.39 is 0 Å². The summed E-state index contributed by atoms with van der Waals surface area (Å²) in [6.07, 6.45) is 4.93. The average molecular weight is 255 g/mol. The summed E-state index contributed by atoms with van der Waals surface area (Å²) in [4.78, 5) is 20.2. The highest BCUT2D eigenvalue weighted by Gasteiger charge is 2.31. The first kappa shape index (κ1) is 11.6. The molecule has 3 rings (SSSR count). The van der Waals surface area contributed by atoms with Crippen LogP contribution in [0.3, 0.4) is 0 Å². The molecule has 3 heterocycles. The van der Waals surface area contributed by atoms with Gasteiger partial charge in [0.1, 0.15) is 12.4 Å². The van der Waals surface area contributed by atoms with Crippen LogP contribution in [0.2, 0.25) is 0 Å². The minimum absolute atomic E-state index is 0.0139. The molecule has 96 valence electrons. The second-order valence-electron chi connectivity index (χ2n) is 4.44. The number of Topliss-reactive ketones (excluding diaryl/α,β-unsaturated/α-hetero) is 1. The fourth-order valence-corrected chi connectivity index (χ4v) is 2.39. The minimum atomic E-state index is -0.273. The Morgan fingerprint density at radius 3 is 3.00 bits per heavy atom. The van der Waals surface area contributed by atoms with Crippen molar-refractivity contribution in [2.24, 2.45) is 0 Å². The molecule has 6 heteroatoms. The molecule has 0 amide bonds. The average Bonchev–Trinajstić information content (AvgIpc) is 2.85. The second-order valence-corrected chi connectivity index (χ2v) is 4.44. The maximum Gasteiger partial charge on any atom is 0.226 e. The third kappa shape index (κ3) is 1.81. The van der Waals surface area contributed by atoms with Crippen molar-refractivity contribution in [3.8, 4) is 0 Å². The molecule has 0 saturated heterocycles. The molecular weight excluding hydrogens is 242 g/mol. The van der Waals surface area contributed by atoms with E-state index in [1.165, 1.54) is 6.33 Å². The quantitative estimate of drug-likeness (QED) is 0.881. The summed E-state index contributed by atoms with van der Waals surface area (Å²) in [5.41, 5.74) is 2.41. The predicted molar refractivity (Wildman–Crippen MR) is 69.4 cm³/mol. The first-order valence-electron chi connectivity index (χ1n) is 5.96. The van der Waals surface area contributed by atoms with Gasteiger partial charge in [0.2, 0.25) is 5.95 Å². The van der Waals surface area contributed by atoms with Crippen LogP contribution in [-0.4, -0.2) is 25.5 Å². The molecule has 6 nitrogen and oxygen atoms in total. The topological polar surface area (TPSA) is 72.7 Å². The molecule has 0 spiro atoms. The van der Waals surface area contributed by atoms with Gasteiger partial charge < -0.3 is 5.32 Å². The van der Waals surface area contributed by atoms with Crippen molar-refractivity contribution < 1.29 is 4.79 Å². The van der Waals surface area contributed by atoms with Crippen molar-refractivity contribution in [3.05, 3.63) is 47.7 Å². The monoisotopic (exact) mass is 255 g/mol. The molecule has 1 atom stereocenters. The van der Waals surface area contributed by atoms with E-state index in [4.69, 9.17) is 0 Å². The normalized spacial score (nSPS) is 17.9. The van der Waals surface area contributed by atoms with Crippen molar-refractivity contribution in [2.75, 3.05) is 5.32 Å². The highest BCUT2D eigenvalue weighted by molar-refractivity contribution is 5.96. The van der Waals surface area contributed by atoms with Gasteiger partial charge in [0, 0.05) is 23.7 Å². The number of aromatic nitrogens is 4. The number of rotatable bonds is 2. The lowest BCUT2D eigenvalue weighted by molar-refractivity contribution is -0.114. The largest absolute Gasteiger partial charge is 0.328 e. The van der Waals surface area contributed by atoms with Crippen molar-refractivity contribution in [1.29, 1.82) is 0 Å². The molecule has 0 bridgehead atoms. The molecule has 0 unspecified atom stereocenters.